The number of ketones is 1. The van der Waals surface area contributed by atoms with Crippen molar-refractivity contribution in [3.8, 4) is 0 Å². The topological polar surface area (TPSA) is 169 Å². The number of para-hydroxylation sites is 1. The van der Waals surface area contributed by atoms with Crippen LogP contribution in [0.5, 0.6) is 0 Å². The van der Waals surface area contributed by atoms with Crippen molar-refractivity contribution in [3.63, 3.8) is 0 Å². The van der Waals surface area contributed by atoms with Crippen molar-refractivity contribution < 1.29 is 28.4 Å². The number of carbonyl (C=O) groups excluding carboxylic acids is 5. The first-order valence-electron chi connectivity index (χ1n) is 13.1. The number of amides is 4. The summed E-state index contributed by atoms with van der Waals surface area (Å²) in [5, 5.41) is 10.7. The number of allylic oxidation sites excluding steroid dienone is 1. The fourth-order valence-corrected chi connectivity index (χ4v) is 3.99. The van der Waals surface area contributed by atoms with Crippen LogP contribution in [0.25, 0.3) is 11.0 Å². The summed E-state index contributed by atoms with van der Waals surface area (Å²) in [5.74, 6) is -3.54. The third kappa shape index (κ3) is 7.78. The van der Waals surface area contributed by atoms with E-state index in [9.17, 15) is 28.8 Å². The molecule has 216 valence electrons. The first kappa shape index (κ1) is 30.5. The van der Waals surface area contributed by atoms with Gasteiger partial charge in [0, 0.05) is 35.8 Å². The number of anilines is 1. The molecule has 0 aliphatic rings. The lowest BCUT2D eigenvalue weighted by Crippen LogP contribution is -2.45. The molecule has 2 aromatic heterocycles. The zero-order valence-electron chi connectivity index (χ0n) is 23.2. The Bertz CT molecular complexity index is 1550. The molecule has 0 saturated carbocycles. The van der Waals surface area contributed by atoms with Gasteiger partial charge in [0.05, 0.1) is 0 Å². The SMILES string of the molecule is C=C(CC)NC(=O)Cn1cccc(NC(=O)C(CCC(=O)C(=O)NCC)NC(=O)c2oc3ccccc3c2C)c1=O. The number of carbonyl (C=O) groups is 5. The van der Waals surface area contributed by atoms with Crippen molar-refractivity contribution in [2.24, 2.45) is 0 Å². The number of pyridine rings is 1. The van der Waals surface area contributed by atoms with Gasteiger partial charge in [-0.25, -0.2) is 0 Å². The van der Waals surface area contributed by atoms with E-state index >= 15 is 0 Å². The van der Waals surface area contributed by atoms with Crippen molar-refractivity contribution in [1.82, 2.24) is 20.5 Å². The number of likely N-dealkylation sites (N-methyl/N-ethyl adjacent to an activating group) is 1. The zero-order chi connectivity index (χ0) is 30.1. The second-order valence-electron chi connectivity index (χ2n) is 9.25. The Kier molecular flexibility index (Phi) is 10.3. The molecule has 0 fully saturated rings. The summed E-state index contributed by atoms with van der Waals surface area (Å²) in [6, 6.07) is 8.56. The zero-order valence-corrected chi connectivity index (χ0v) is 23.2. The molecule has 4 amide bonds. The lowest BCUT2D eigenvalue weighted by atomic mass is 10.1. The molecule has 12 nitrogen and oxygen atoms in total. The Hall–Kier alpha value is -5.00. The Morgan fingerprint density at radius 1 is 1.05 bits per heavy atom. The fourth-order valence-electron chi connectivity index (χ4n) is 3.99. The average molecular weight is 564 g/mol. The van der Waals surface area contributed by atoms with Gasteiger partial charge in [-0.3, -0.25) is 28.8 Å². The first-order chi connectivity index (χ1) is 19.5. The number of aryl methyl sites for hydroxylation is 1. The smallest absolute Gasteiger partial charge is 0.287 e. The number of rotatable bonds is 13. The molecule has 0 radical (unpaired) electrons. The highest BCUT2D eigenvalue weighted by molar-refractivity contribution is 6.36. The Balaban J connectivity index is 1.82. The Labute approximate surface area is 236 Å². The van der Waals surface area contributed by atoms with Gasteiger partial charge in [0.25, 0.3) is 17.4 Å². The van der Waals surface area contributed by atoms with Crippen molar-refractivity contribution in [3.05, 3.63) is 76.5 Å². The van der Waals surface area contributed by atoms with E-state index in [4.69, 9.17) is 4.42 Å². The third-order valence-corrected chi connectivity index (χ3v) is 6.26. The molecule has 0 aliphatic carbocycles. The van der Waals surface area contributed by atoms with Gasteiger partial charge in [0.2, 0.25) is 17.6 Å². The van der Waals surface area contributed by atoms with Crippen LogP contribution in [0.4, 0.5) is 5.69 Å². The Morgan fingerprint density at radius 3 is 2.46 bits per heavy atom. The minimum absolute atomic E-state index is 0.0131. The van der Waals surface area contributed by atoms with Crippen LogP contribution in [0.2, 0.25) is 0 Å². The number of hydrogen-bond donors (Lipinski definition) is 4. The number of nitrogens with one attached hydrogen (secondary N) is 4. The molecule has 1 atom stereocenters. The molecular formula is C29H33N5O7. The van der Waals surface area contributed by atoms with E-state index in [1.54, 1.807) is 38.1 Å². The average Bonchev–Trinajstić information content (AvgIpc) is 3.29. The largest absolute Gasteiger partial charge is 0.451 e. The van der Waals surface area contributed by atoms with Crippen LogP contribution in [-0.4, -0.2) is 46.6 Å². The number of hydrogen-bond acceptors (Lipinski definition) is 7. The second kappa shape index (κ2) is 13.9. The third-order valence-electron chi connectivity index (χ3n) is 6.26. The van der Waals surface area contributed by atoms with E-state index in [0.717, 1.165) is 9.95 Å². The normalized spacial score (nSPS) is 11.4. The van der Waals surface area contributed by atoms with E-state index in [-0.39, 0.29) is 37.4 Å². The van der Waals surface area contributed by atoms with Crippen molar-refractivity contribution in [2.75, 3.05) is 11.9 Å². The van der Waals surface area contributed by atoms with Crippen LogP contribution in [0.15, 0.2) is 64.1 Å². The molecule has 3 rings (SSSR count). The molecule has 0 saturated heterocycles. The van der Waals surface area contributed by atoms with Gasteiger partial charge in [-0.1, -0.05) is 31.7 Å². The predicted octanol–water partition coefficient (Wildman–Crippen LogP) is 2.17. The molecule has 4 N–H and O–H groups in total. The molecule has 0 spiro atoms. The number of aromatic nitrogens is 1. The molecule has 3 aromatic rings. The van der Waals surface area contributed by atoms with E-state index in [2.05, 4.69) is 27.8 Å². The van der Waals surface area contributed by atoms with Gasteiger partial charge in [0.1, 0.15) is 23.9 Å². The number of benzene rings is 1. The lowest BCUT2D eigenvalue weighted by molar-refractivity contribution is -0.138. The highest BCUT2D eigenvalue weighted by atomic mass is 16.3. The standard InChI is InChI=1S/C29H33N5O7/c1-5-17(3)31-24(36)16-34-15-9-11-21(29(34)40)33-26(37)20(13-14-22(35)27(38)30-6-2)32-28(39)25-18(4)19-10-7-8-12-23(19)41-25/h7-12,15,20H,3,5-6,13-14,16H2,1-2,4H3,(H,30,38)(H,31,36)(H,32,39)(H,33,37). The summed E-state index contributed by atoms with van der Waals surface area (Å²) >= 11 is 0. The minimum Gasteiger partial charge on any atom is -0.451 e. The van der Waals surface area contributed by atoms with E-state index in [1.165, 1.54) is 18.3 Å². The monoisotopic (exact) mass is 563 g/mol. The maximum atomic E-state index is 13.3. The maximum absolute atomic E-state index is 13.3. The number of furan rings is 1. The molecular weight excluding hydrogens is 530 g/mol. The molecule has 0 aliphatic heterocycles. The lowest BCUT2D eigenvalue weighted by Gasteiger charge is -2.18. The highest BCUT2D eigenvalue weighted by Crippen LogP contribution is 2.25. The van der Waals surface area contributed by atoms with Gasteiger partial charge in [-0.2, -0.15) is 0 Å². The first-order valence-corrected chi connectivity index (χ1v) is 13.1. The summed E-state index contributed by atoms with van der Waals surface area (Å²) in [7, 11) is 0. The van der Waals surface area contributed by atoms with Crippen LogP contribution >= 0.6 is 0 Å². The van der Waals surface area contributed by atoms with Gasteiger partial charge in [0.15, 0.2) is 5.76 Å². The van der Waals surface area contributed by atoms with Crippen molar-refractivity contribution in [1.29, 1.82) is 0 Å². The van der Waals surface area contributed by atoms with Crippen molar-refractivity contribution in [2.45, 2.75) is 52.6 Å². The van der Waals surface area contributed by atoms with Crippen LogP contribution in [-0.2, 0) is 25.7 Å². The quantitative estimate of drug-likeness (QED) is 0.231. The maximum Gasteiger partial charge on any atom is 0.287 e. The van der Waals surface area contributed by atoms with Crippen LogP contribution in [0.1, 0.15) is 49.2 Å². The molecule has 1 aromatic carbocycles. The number of fused-ring (bicyclic) bond motifs is 1. The minimum atomic E-state index is -1.31. The van der Waals surface area contributed by atoms with E-state index in [1.807, 2.05) is 6.92 Å². The molecule has 12 heteroatoms. The van der Waals surface area contributed by atoms with E-state index in [0.29, 0.717) is 23.3 Å². The van der Waals surface area contributed by atoms with Gasteiger partial charge in [-0.05, 0) is 44.9 Å². The molecule has 1 unspecified atom stereocenters. The summed E-state index contributed by atoms with van der Waals surface area (Å²) < 4.78 is 6.80. The molecule has 0 bridgehead atoms. The van der Waals surface area contributed by atoms with Gasteiger partial charge in [-0.15, -0.1) is 0 Å². The Morgan fingerprint density at radius 2 is 1.78 bits per heavy atom. The summed E-state index contributed by atoms with van der Waals surface area (Å²) in [4.78, 5) is 75.9. The second-order valence-corrected chi connectivity index (χ2v) is 9.25. The fraction of sp³-hybridized carbons (Fsp3) is 0.310. The van der Waals surface area contributed by atoms with Gasteiger partial charge >= 0.3 is 0 Å². The summed E-state index contributed by atoms with van der Waals surface area (Å²) in [5.41, 5.74) is 0.737. The molecule has 2 heterocycles. The molecule has 41 heavy (non-hydrogen) atoms. The number of nitrogens with zero attached hydrogens (tertiary/aromatic N) is 1. The number of Topliss-reactive ketones (excluding diaryl/α,β-unsaturated/α-hetero) is 1. The van der Waals surface area contributed by atoms with Crippen molar-refractivity contribution >= 4 is 46.1 Å². The summed E-state index contributed by atoms with van der Waals surface area (Å²) in [6.45, 7) is 8.82. The highest BCUT2D eigenvalue weighted by Gasteiger charge is 2.27. The van der Waals surface area contributed by atoms with E-state index < -0.39 is 41.0 Å². The van der Waals surface area contributed by atoms with Gasteiger partial charge < -0.3 is 30.3 Å². The van der Waals surface area contributed by atoms with Crippen LogP contribution in [0, 0.1) is 6.92 Å². The summed E-state index contributed by atoms with van der Waals surface area (Å²) in [6.07, 6.45) is 1.35. The predicted molar refractivity (Wildman–Crippen MR) is 152 cm³/mol. The van der Waals surface area contributed by atoms with Crippen LogP contribution in [0.3, 0.4) is 0 Å². The van der Waals surface area contributed by atoms with Crippen LogP contribution < -0.4 is 26.8 Å².